The zero-order valence-electron chi connectivity index (χ0n) is 18.3. The van der Waals surface area contributed by atoms with E-state index >= 15 is 0 Å². The largest absolute Gasteiger partial charge is 0.307 e. The fourth-order valence-electron chi connectivity index (χ4n) is 3.26. The molecule has 6 heteroatoms. The molecular formula is C24H34N2O3S. The minimum atomic E-state index is -3.65. The smallest absolute Gasteiger partial charge is 0.261 e. The Kier molecular flexibility index (Phi) is 9.53. The molecule has 2 rings (SSSR count). The van der Waals surface area contributed by atoms with Crippen LogP contribution in [0.2, 0.25) is 0 Å². The van der Waals surface area contributed by atoms with Crippen molar-refractivity contribution >= 4 is 21.5 Å². The summed E-state index contributed by atoms with van der Waals surface area (Å²) in [7, 11) is -3.65. The lowest BCUT2D eigenvalue weighted by Crippen LogP contribution is -2.33. The molecule has 1 atom stereocenters. The molecule has 0 bridgehead atoms. The maximum atomic E-state index is 12.5. The van der Waals surface area contributed by atoms with Gasteiger partial charge in [0.25, 0.3) is 10.0 Å². The van der Waals surface area contributed by atoms with Gasteiger partial charge in [0.1, 0.15) is 0 Å². The Morgan fingerprint density at radius 3 is 2.20 bits per heavy atom. The van der Waals surface area contributed by atoms with Gasteiger partial charge in [-0.2, -0.15) is 0 Å². The third kappa shape index (κ3) is 7.58. The number of nitrogens with one attached hydrogen (secondary N) is 2. The molecule has 0 aliphatic heterocycles. The van der Waals surface area contributed by atoms with Crippen LogP contribution in [0.5, 0.6) is 0 Å². The highest BCUT2D eigenvalue weighted by molar-refractivity contribution is 7.92. The van der Waals surface area contributed by atoms with Crippen molar-refractivity contribution in [1.29, 1.82) is 0 Å². The predicted molar refractivity (Wildman–Crippen MR) is 124 cm³/mol. The third-order valence-corrected chi connectivity index (χ3v) is 6.64. The normalized spacial score (nSPS) is 12.5. The molecule has 0 aliphatic rings. The van der Waals surface area contributed by atoms with E-state index < -0.39 is 10.0 Å². The Morgan fingerprint density at radius 2 is 1.60 bits per heavy atom. The predicted octanol–water partition coefficient (Wildman–Crippen LogP) is 5.32. The summed E-state index contributed by atoms with van der Waals surface area (Å²) in [6.45, 7) is 6.54. The average Bonchev–Trinajstić information content (AvgIpc) is 2.73. The molecule has 0 spiro atoms. The molecule has 0 saturated carbocycles. The quantitative estimate of drug-likeness (QED) is 0.333. The van der Waals surface area contributed by atoms with Crippen LogP contribution in [0.1, 0.15) is 68.3 Å². The lowest BCUT2D eigenvalue weighted by Gasteiger charge is -2.16. The molecule has 0 aliphatic carbocycles. The van der Waals surface area contributed by atoms with Crippen LogP contribution in [0.15, 0.2) is 53.4 Å². The Bertz CT molecular complexity index is 891. The van der Waals surface area contributed by atoms with Crippen molar-refractivity contribution in [3.05, 3.63) is 59.7 Å². The lowest BCUT2D eigenvalue weighted by molar-refractivity contribution is 0.0986. The number of carbonyl (C=O) groups is 1. The molecule has 164 valence electrons. The van der Waals surface area contributed by atoms with Crippen LogP contribution in [-0.4, -0.2) is 26.8 Å². The Balaban J connectivity index is 1.90. The van der Waals surface area contributed by atoms with Crippen LogP contribution in [0.25, 0.3) is 0 Å². The molecule has 5 nitrogen and oxygen atoms in total. The van der Waals surface area contributed by atoms with E-state index in [1.165, 1.54) is 25.7 Å². The Hall–Kier alpha value is -2.18. The number of benzene rings is 2. The molecule has 2 aromatic rings. The van der Waals surface area contributed by atoms with Crippen molar-refractivity contribution in [2.24, 2.45) is 0 Å². The van der Waals surface area contributed by atoms with E-state index in [0.29, 0.717) is 23.8 Å². The molecule has 2 aromatic carbocycles. The summed E-state index contributed by atoms with van der Waals surface area (Å²) < 4.78 is 27.5. The highest BCUT2D eigenvalue weighted by Gasteiger charge is 2.15. The molecule has 2 N–H and O–H groups in total. The van der Waals surface area contributed by atoms with E-state index in [4.69, 9.17) is 0 Å². The number of ketones is 1. The fourth-order valence-corrected chi connectivity index (χ4v) is 4.32. The van der Waals surface area contributed by atoms with E-state index in [0.717, 1.165) is 18.4 Å². The summed E-state index contributed by atoms with van der Waals surface area (Å²) in [5.74, 6) is 0.00921. The molecule has 0 heterocycles. The van der Waals surface area contributed by atoms with Crippen molar-refractivity contribution in [2.75, 3.05) is 11.3 Å². The van der Waals surface area contributed by atoms with Crippen LogP contribution in [-0.2, 0) is 10.0 Å². The second-order valence-corrected chi connectivity index (χ2v) is 9.44. The first-order valence-electron chi connectivity index (χ1n) is 10.8. The first kappa shape index (κ1) is 24.1. The number of carbonyl (C=O) groups excluding carboxylic acids is 1. The summed E-state index contributed by atoms with van der Waals surface area (Å²) in [5, 5.41) is 3.36. The van der Waals surface area contributed by atoms with Crippen molar-refractivity contribution in [1.82, 2.24) is 5.32 Å². The first-order valence-corrected chi connectivity index (χ1v) is 12.3. The van der Waals surface area contributed by atoms with Gasteiger partial charge in [-0.05, 0) is 56.2 Å². The number of sulfonamides is 1. The molecule has 0 radical (unpaired) electrons. The molecule has 0 amide bonds. The maximum Gasteiger partial charge on any atom is 0.261 e. The van der Waals surface area contributed by atoms with Crippen LogP contribution >= 0.6 is 0 Å². The number of aryl methyl sites for hydroxylation is 1. The van der Waals surface area contributed by atoms with Gasteiger partial charge in [0, 0.05) is 17.3 Å². The van der Waals surface area contributed by atoms with Crippen LogP contribution in [0.3, 0.4) is 0 Å². The number of Topliss-reactive ketones (excluding diaryl/α,β-unsaturated/α-hetero) is 1. The van der Waals surface area contributed by atoms with Gasteiger partial charge in [-0.1, -0.05) is 57.2 Å². The number of rotatable bonds is 13. The van der Waals surface area contributed by atoms with Gasteiger partial charge >= 0.3 is 0 Å². The first-order chi connectivity index (χ1) is 14.4. The van der Waals surface area contributed by atoms with E-state index in [-0.39, 0.29) is 10.7 Å². The second-order valence-electron chi connectivity index (χ2n) is 7.75. The zero-order valence-corrected chi connectivity index (χ0v) is 19.1. The summed E-state index contributed by atoms with van der Waals surface area (Å²) in [5.41, 5.74) is 2.00. The van der Waals surface area contributed by atoms with E-state index in [9.17, 15) is 13.2 Å². The van der Waals surface area contributed by atoms with Gasteiger partial charge in [-0.15, -0.1) is 0 Å². The monoisotopic (exact) mass is 430 g/mol. The molecule has 0 fully saturated rings. The SMILES string of the molecule is CCCCCCC(CC)NCC(=O)c1ccc(NS(=O)(=O)c2ccc(C)cc2)cc1. The Labute approximate surface area is 181 Å². The standard InChI is InChI=1S/C24H34N2O3S/c1-4-6-7-8-9-21(5-2)25-18-24(27)20-12-14-22(15-13-20)26-30(28,29)23-16-10-19(3)11-17-23/h10-17,21,25-26H,4-9,18H2,1-3H3. The van der Waals surface area contributed by atoms with Crippen molar-refractivity contribution in [3.8, 4) is 0 Å². The van der Waals surface area contributed by atoms with Gasteiger partial charge in [0.2, 0.25) is 0 Å². The van der Waals surface area contributed by atoms with Gasteiger partial charge in [-0.25, -0.2) is 8.42 Å². The van der Waals surface area contributed by atoms with E-state index in [1.807, 2.05) is 6.92 Å². The van der Waals surface area contributed by atoms with E-state index in [1.54, 1.807) is 48.5 Å². The minimum absolute atomic E-state index is 0.00921. The van der Waals surface area contributed by atoms with Gasteiger partial charge in [0.05, 0.1) is 11.4 Å². The average molecular weight is 431 g/mol. The number of hydrogen-bond acceptors (Lipinski definition) is 4. The number of hydrogen-bond donors (Lipinski definition) is 2. The molecule has 30 heavy (non-hydrogen) atoms. The molecular weight excluding hydrogens is 396 g/mol. The molecule has 0 saturated heterocycles. The summed E-state index contributed by atoms with van der Waals surface area (Å²) in [4.78, 5) is 12.7. The maximum absolute atomic E-state index is 12.5. The minimum Gasteiger partial charge on any atom is -0.307 e. The third-order valence-electron chi connectivity index (χ3n) is 5.24. The van der Waals surface area contributed by atoms with Crippen molar-refractivity contribution in [3.63, 3.8) is 0 Å². The lowest BCUT2D eigenvalue weighted by atomic mass is 10.0. The highest BCUT2D eigenvalue weighted by atomic mass is 32.2. The van der Waals surface area contributed by atoms with Crippen LogP contribution in [0.4, 0.5) is 5.69 Å². The molecule has 0 aromatic heterocycles. The van der Waals surface area contributed by atoms with Gasteiger partial charge < -0.3 is 5.32 Å². The fraction of sp³-hybridized carbons (Fsp3) is 0.458. The van der Waals surface area contributed by atoms with Crippen LogP contribution in [0, 0.1) is 6.92 Å². The topological polar surface area (TPSA) is 75.3 Å². The van der Waals surface area contributed by atoms with Gasteiger partial charge in [0.15, 0.2) is 5.78 Å². The van der Waals surface area contributed by atoms with Crippen molar-refractivity contribution < 1.29 is 13.2 Å². The van der Waals surface area contributed by atoms with Gasteiger partial charge in [-0.3, -0.25) is 9.52 Å². The molecule has 1 unspecified atom stereocenters. The zero-order chi connectivity index (χ0) is 22.0. The van der Waals surface area contributed by atoms with Crippen molar-refractivity contribution in [2.45, 2.75) is 70.2 Å². The summed E-state index contributed by atoms with van der Waals surface area (Å²) in [6, 6.07) is 13.6. The number of anilines is 1. The van der Waals surface area contributed by atoms with Crippen LogP contribution < -0.4 is 10.0 Å². The second kappa shape index (κ2) is 11.9. The number of unbranched alkanes of at least 4 members (excludes halogenated alkanes) is 3. The summed E-state index contributed by atoms with van der Waals surface area (Å²) in [6.07, 6.45) is 6.99. The van der Waals surface area contributed by atoms with E-state index in [2.05, 4.69) is 23.9 Å². The Morgan fingerprint density at radius 1 is 0.933 bits per heavy atom. The summed E-state index contributed by atoms with van der Waals surface area (Å²) >= 11 is 0. The highest BCUT2D eigenvalue weighted by Crippen LogP contribution is 2.17.